The molecule has 5 N–H and O–H groups in total. The average molecular weight is 563 g/mol. The SMILES string of the molecule is CC1O[C@H]2[C@@H](O)[C@H](n3c(O)nc4c(N)ncnc43)O[C@@H]2CN1[C@H]1C[C@@H](CCc2nc3cc(C(C)(C)C)ccc3[nH]2)C1. The number of aromatic amines is 1. The van der Waals surface area contributed by atoms with Crippen LogP contribution in [0.25, 0.3) is 22.2 Å². The van der Waals surface area contributed by atoms with Crippen LogP contribution in [-0.4, -0.2) is 81.7 Å². The van der Waals surface area contributed by atoms with Gasteiger partial charge in [-0.3, -0.25) is 4.90 Å². The number of hydrogen-bond acceptors (Lipinski definition) is 10. The molecule has 12 nitrogen and oxygen atoms in total. The molecule has 12 heteroatoms. The second-order valence-corrected chi connectivity index (χ2v) is 12.9. The molecule has 5 heterocycles. The number of hydrogen-bond donors (Lipinski definition) is 4. The van der Waals surface area contributed by atoms with E-state index in [2.05, 4.69) is 63.8 Å². The summed E-state index contributed by atoms with van der Waals surface area (Å²) in [5, 5.41) is 21.7. The molecule has 1 aromatic carbocycles. The monoisotopic (exact) mass is 562 g/mol. The molecule has 3 aromatic heterocycles. The standard InChI is InChI=1S/C29H38N8O4/c1-14-36(17-9-15(10-17)5-8-21-33-18-7-6-16(29(2,3)4)11-19(18)34-21)12-20-24(40-14)23(38)27(41-20)37-26-22(35-28(37)39)25(30)31-13-32-26/h6-7,11,13-15,17,20,23-24,27,38H,5,8-10,12H2,1-4H3,(H,33,34)(H,35,39)(H2,30,31,32)/t14?,15-,17+,20-,23-,24-,27-/m1/s1. The van der Waals surface area contributed by atoms with E-state index in [-0.39, 0.29) is 35.1 Å². The van der Waals surface area contributed by atoms with Gasteiger partial charge < -0.3 is 30.4 Å². The molecule has 0 amide bonds. The lowest BCUT2D eigenvalue weighted by molar-refractivity contribution is -0.199. The summed E-state index contributed by atoms with van der Waals surface area (Å²) < 4.78 is 13.9. The van der Waals surface area contributed by atoms with Gasteiger partial charge in [-0.1, -0.05) is 26.8 Å². The van der Waals surface area contributed by atoms with E-state index in [1.807, 2.05) is 6.92 Å². The molecular weight excluding hydrogens is 524 g/mol. The fourth-order valence-electron chi connectivity index (χ4n) is 6.70. The van der Waals surface area contributed by atoms with E-state index in [9.17, 15) is 10.2 Å². The molecule has 1 unspecified atom stereocenters. The molecule has 1 saturated carbocycles. The number of benzene rings is 1. The molecule has 0 spiro atoms. The van der Waals surface area contributed by atoms with E-state index in [4.69, 9.17) is 20.2 Å². The highest BCUT2D eigenvalue weighted by molar-refractivity contribution is 5.82. The van der Waals surface area contributed by atoms with Gasteiger partial charge in [0.25, 0.3) is 6.01 Å². The zero-order valence-corrected chi connectivity index (χ0v) is 23.9. The van der Waals surface area contributed by atoms with Gasteiger partial charge in [0, 0.05) is 19.0 Å². The first kappa shape index (κ1) is 26.6. The van der Waals surface area contributed by atoms with Gasteiger partial charge in [0.2, 0.25) is 0 Å². The number of nitrogens with two attached hydrogens (primary N) is 1. The predicted octanol–water partition coefficient (Wildman–Crippen LogP) is 3.00. The normalized spacial score (nSPS) is 30.6. The van der Waals surface area contributed by atoms with Gasteiger partial charge in [0.05, 0.1) is 11.0 Å². The van der Waals surface area contributed by atoms with Crippen molar-refractivity contribution >= 4 is 28.0 Å². The van der Waals surface area contributed by atoms with Crippen molar-refractivity contribution in [2.75, 3.05) is 12.3 Å². The van der Waals surface area contributed by atoms with E-state index in [1.165, 1.54) is 16.5 Å². The number of aromatic nitrogens is 6. The van der Waals surface area contributed by atoms with Gasteiger partial charge >= 0.3 is 0 Å². The summed E-state index contributed by atoms with van der Waals surface area (Å²) >= 11 is 0. The van der Waals surface area contributed by atoms with Crippen molar-refractivity contribution in [1.29, 1.82) is 0 Å². The molecule has 1 aliphatic carbocycles. The smallest absolute Gasteiger partial charge is 0.298 e. The Morgan fingerprint density at radius 2 is 1.95 bits per heavy atom. The van der Waals surface area contributed by atoms with Crippen molar-refractivity contribution in [3.63, 3.8) is 0 Å². The largest absolute Gasteiger partial charge is 0.480 e. The first-order chi connectivity index (χ1) is 19.6. The number of fused-ring (bicyclic) bond motifs is 3. The zero-order chi connectivity index (χ0) is 28.6. The van der Waals surface area contributed by atoms with Gasteiger partial charge in [-0.05, 0) is 55.2 Å². The van der Waals surface area contributed by atoms with Gasteiger partial charge in [-0.15, -0.1) is 0 Å². The lowest BCUT2D eigenvalue weighted by Gasteiger charge is -2.49. The van der Waals surface area contributed by atoms with Crippen LogP contribution in [0.1, 0.15) is 64.6 Å². The fraction of sp³-hybridized carbons (Fsp3) is 0.586. The minimum atomic E-state index is -0.999. The molecule has 41 heavy (non-hydrogen) atoms. The maximum atomic E-state index is 11.1. The third kappa shape index (κ3) is 4.53. The minimum Gasteiger partial charge on any atom is -0.480 e. The van der Waals surface area contributed by atoms with Crippen molar-refractivity contribution in [2.24, 2.45) is 5.92 Å². The van der Waals surface area contributed by atoms with E-state index < -0.39 is 18.4 Å². The Balaban J connectivity index is 0.972. The molecule has 5 atom stereocenters. The van der Waals surface area contributed by atoms with Crippen LogP contribution >= 0.6 is 0 Å². The summed E-state index contributed by atoms with van der Waals surface area (Å²) in [6, 6.07) is 6.60. The van der Waals surface area contributed by atoms with Gasteiger partial charge in [0.15, 0.2) is 23.2 Å². The number of anilines is 1. The molecule has 0 bridgehead atoms. The molecule has 4 aromatic rings. The molecule has 7 rings (SSSR count). The number of imidazole rings is 2. The summed E-state index contributed by atoms with van der Waals surface area (Å²) in [5.74, 6) is 1.83. The van der Waals surface area contributed by atoms with Crippen LogP contribution in [0.3, 0.4) is 0 Å². The summed E-state index contributed by atoms with van der Waals surface area (Å²) in [4.78, 5) is 22.9. The van der Waals surface area contributed by atoms with Crippen LogP contribution in [0, 0.1) is 5.92 Å². The first-order valence-electron chi connectivity index (χ1n) is 14.5. The van der Waals surface area contributed by atoms with Crippen LogP contribution < -0.4 is 5.73 Å². The van der Waals surface area contributed by atoms with Crippen molar-refractivity contribution in [3.05, 3.63) is 35.9 Å². The number of nitrogen functional groups attached to an aromatic ring is 1. The number of aromatic hydroxyl groups is 1. The summed E-state index contributed by atoms with van der Waals surface area (Å²) in [7, 11) is 0. The molecule has 2 saturated heterocycles. The van der Waals surface area contributed by atoms with E-state index in [0.29, 0.717) is 24.2 Å². The van der Waals surface area contributed by atoms with E-state index in [1.54, 1.807) is 0 Å². The highest BCUT2D eigenvalue weighted by Crippen LogP contribution is 2.43. The zero-order valence-electron chi connectivity index (χ0n) is 23.9. The van der Waals surface area contributed by atoms with Crippen LogP contribution in [0.15, 0.2) is 24.5 Å². The van der Waals surface area contributed by atoms with Crippen molar-refractivity contribution in [3.8, 4) is 6.01 Å². The number of aliphatic hydroxyl groups excluding tert-OH is 1. The number of nitrogens with one attached hydrogen (secondary N) is 1. The first-order valence-corrected chi connectivity index (χ1v) is 14.5. The summed E-state index contributed by atoms with van der Waals surface area (Å²) in [6.07, 6.45) is 2.58. The molecule has 2 aliphatic heterocycles. The van der Waals surface area contributed by atoms with Crippen LogP contribution in [0.4, 0.5) is 5.82 Å². The Morgan fingerprint density at radius 3 is 2.73 bits per heavy atom. The molecular formula is C29H38N8O4. The van der Waals surface area contributed by atoms with Crippen molar-refractivity contribution < 1.29 is 19.7 Å². The van der Waals surface area contributed by atoms with E-state index in [0.717, 1.165) is 42.5 Å². The topological polar surface area (TPSA) is 160 Å². The van der Waals surface area contributed by atoms with Crippen LogP contribution in [0.2, 0.25) is 0 Å². The van der Waals surface area contributed by atoms with Crippen LogP contribution in [0.5, 0.6) is 6.01 Å². The van der Waals surface area contributed by atoms with Gasteiger partial charge in [0.1, 0.15) is 36.7 Å². The third-order valence-corrected chi connectivity index (χ3v) is 9.13. The maximum absolute atomic E-state index is 11.1. The lowest BCUT2D eigenvalue weighted by Crippen LogP contribution is -2.59. The van der Waals surface area contributed by atoms with Crippen LogP contribution in [-0.2, 0) is 21.3 Å². The van der Waals surface area contributed by atoms with Crippen molar-refractivity contribution in [2.45, 2.75) is 95.6 Å². The number of aliphatic hydroxyl groups is 1. The second kappa shape index (κ2) is 9.62. The predicted molar refractivity (Wildman–Crippen MR) is 152 cm³/mol. The Hall–Kier alpha value is -3.32. The molecule has 3 fully saturated rings. The number of aryl methyl sites for hydroxylation is 1. The number of ether oxygens (including phenoxy) is 2. The molecule has 218 valence electrons. The Labute approximate surface area is 237 Å². The van der Waals surface area contributed by atoms with E-state index >= 15 is 0 Å². The van der Waals surface area contributed by atoms with Crippen molar-refractivity contribution in [1.82, 2.24) is 34.4 Å². The average Bonchev–Trinajstić information content (AvgIpc) is 3.55. The quantitative estimate of drug-likeness (QED) is 0.285. The number of H-pyrrole nitrogens is 1. The Kier molecular flexibility index (Phi) is 6.23. The minimum absolute atomic E-state index is 0.102. The maximum Gasteiger partial charge on any atom is 0.298 e. The molecule has 3 aliphatic rings. The fourth-order valence-corrected chi connectivity index (χ4v) is 6.70. The number of nitrogens with zero attached hydrogens (tertiary/aromatic N) is 6. The second-order valence-electron chi connectivity index (χ2n) is 12.9. The molecule has 0 radical (unpaired) electrons. The number of rotatable bonds is 5. The summed E-state index contributed by atoms with van der Waals surface area (Å²) in [5.41, 5.74) is 10.0. The summed E-state index contributed by atoms with van der Waals surface area (Å²) in [6.45, 7) is 9.34. The Morgan fingerprint density at radius 1 is 1.15 bits per heavy atom. The Bertz CT molecular complexity index is 1590. The third-order valence-electron chi connectivity index (χ3n) is 9.13. The highest BCUT2D eigenvalue weighted by Gasteiger charge is 2.52. The highest BCUT2D eigenvalue weighted by atomic mass is 16.6. The van der Waals surface area contributed by atoms with Gasteiger partial charge in [-0.2, -0.15) is 4.98 Å². The van der Waals surface area contributed by atoms with Gasteiger partial charge in [-0.25, -0.2) is 19.5 Å². The lowest BCUT2D eigenvalue weighted by atomic mass is 9.76.